The standard InChI is InChI=1S/C16H28O8/c1-15(2,3)23-21-11-9(13(17)18)7-8-10(14(19)20)12(11)22-24-16(4,5)6/h9-12H,7-8H2,1-6H3,(H,17,18)(H,19,20)/p-2. The van der Waals surface area contributed by atoms with Gasteiger partial charge in [0.1, 0.15) is 12.2 Å². The Morgan fingerprint density at radius 2 is 1.04 bits per heavy atom. The van der Waals surface area contributed by atoms with Crippen LogP contribution >= 0.6 is 0 Å². The molecular weight excluding hydrogens is 320 g/mol. The Balaban J connectivity index is 3.04. The summed E-state index contributed by atoms with van der Waals surface area (Å²) in [6.45, 7) is 10.3. The van der Waals surface area contributed by atoms with Crippen LogP contribution in [0, 0.1) is 11.8 Å². The van der Waals surface area contributed by atoms with E-state index in [0.29, 0.717) is 0 Å². The highest BCUT2D eigenvalue weighted by Crippen LogP contribution is 2.35. The van der Waals surface area contributed by atoms with Gasteiger partial charge >= 0.3 is 0 Å². The zero-order chi connectivity index (χ0) is 18.7. The van der Waals surface area contributed by atoms with Crippen LogP contribution in [0.1, 0.15) is 54.4 Å². The molecule has 0 aromatic rings. The summed E-state index contributed by atoms with van der Waals surface area (Å²) in [6, 6.07) is 0. The predicted molar refractivity (Wildman–Crippen MR) is 77.7 cm³/mol. The van der Waals surface area contributed by atoms with Crippen molar-refractivity contribution >= 4 is 11.9 Å². The molecule has 0 N–H and O–H groups in total. The number of aliphatic carboxylic acids is 2. The van der Waals surface area contributed by atoms with E-state index in [0.717, 1.165) is 0 Å². The molecular formula is C16H26O8-2. The monoisotopic (exact) mass is 346 g/mol. The van der Waals surface area contributed by atoms with Gasteiger partial charge in [0.2, 0.25) is 0 Å². The lowest BCUT2D eigenvalue weighted by Crippen LogP contribution is -2.56. The Kier molecular flexibility index (Phi) is 6.75. The maximum absolute atomic E-state index is 11.4. The molecule has 0 aromatic carbocycles. The van der Waals surface area contributed by atoms with Crippen LogP contribution in [0.5, 0.6) is 0 Å². The molecule has 0 spiro atoms. The molecule has 24 heavy (non-hydrogen) atoms. The lowest BCUT2D eigenvalue weighted by Gasteiger charge is -2.42. The highest BCUT2D eigenvalue weighted by atomic mass is 17.2. The molecule has 1 saturated carbocycles. The zero-order valence-electron chi connectivity index (χ0n) is 15.0. The van der Waals surface area contributed by atoms with Crippen LogP contribution in [0.2, 0.25) is 0 Å². The van der Waals surface area contributed by atoms with Gasteiger partial charge in [-0.05, 0) is 54.4 Å². The lowest BCUT2D eigenvalue weighted by atomic mass is 9.77. The van der Waals surface area contributed by atoms with Gasteiger partial charge in [-0.3, -0.25) is 0 Å². The number of rotatable bonds is 6. The molecule has 0 heterocycles. The highest BCUT2D eigenvalue weighted by Gasteiger charge is 2.45. The number of carboxylic acid groups (broad SMARTS) is 2. The summed E-state index contributed by atoms with van der Waals surface area (Å²) in [7, 11) is 0. The maximum atomic E-state index is 11.4. The van der Waals surface area contributed by atoms with Gasteiger partial charge in [0.25, 0.3) is 0 Å². The van der Waals surface area contributed by atoms with Gasteiger partial charge in [0.15, 0.2) is 0 Å². The van der Waals surface area contributed by atoms with Crippen molar-refractivity contribution in [1.29, 1.82) is 0 Å². The largest absolute Gasteiger partial charge is 0.550 e. The second-order valence-corrected chi connectivity index (χ2v) is 7.94. The summed E-state index contributed by atoms with van der Waals surface area (Å²) in [5.41, 5.74) is -1.44. The molecule has 0 amide bonds. The van der Waals surface area contributed by atoms with E-state index in [1.54, 1.807) is 41.5 Å². The van der Waals surface area contributed by atoms with Crippen LogP contribution in [-0.2, 0) is 29.1 Å². The van der Waals surface area contributed by atoms with Gasteiger partial charge in [0.05, 0.1) is 11.2 Å². The Bertz CT molecular complexity index is 406. The molecule has 1 fully saturated rings. The van der Waals surface area contributed by atoms with E-state index in [9.17, 15) is 19.8 Å². The van der Waals surface area contributed by atoms with Crippen molar-refractivity contribution in [3.63, 3.8) is 0 Å². The van der Waals surface area contributed by atoms with Crippen molar-refractivity contribution in [2.45, 2.75) is 77.8 Å². The van der Waals surface area contributed by atoms with E-state index in [1.165, 1.54) is 0 Å². The van der Waals surface area contributed by atoms with Crippen LogP contribution in [0.3, 0.4) is 0 Å². The third kappa shape index (κ3) is 6.35. The van der Waals surface area contributed by atoms with E-state index < -0.39 is 47.2 Å². The molecule has 0 aromatic heterocycles. The highest BCUT2D eigenvalue weighted by molar-refractivity contribution is 5.72. The minimum absolute atomic E-state index is 0.0501. The summed E-state index contributed by atoms with van der Waals surface area (Å²) < 4.78 is 0. The molecule has 4 unspecified atom stereocenters. The van der Waals surface area contributed by atoms with E-state index >= 15 is 0 Å². The normalized spacial score (nSPS) is 28.6. The van der Waals surface area contributed by atoms with E-state index in [1.807, 2.05) is 0 Å². The molecule has 0 aliphatic heterocycles. The Morgan fingerprint density at radius 1 is 0.750 bits per heavy atom. The van der Waals surface area contributed by atoms with Crippen molar-refractivity contribution in [3.05, 3.63) is 0 Å². The molecule has 0 radical (unpaired) electrons. The number of hydrogen-bond donors (Lipinski definition) is 0. The summed E-state index contributed by atoms with van der Waals surface area (Å²) in [6.07, 6.45) is -2.30. The quantitative estimate of drug-likeness (QED) is 0.477. The molecule has 8 heteroatoms. The van der Waals surface area contributed by atoms with Gasteiger partial charge in [-0.1, -0.05) is 0 Å². The Labute approximate surface area is 141 Å². The topological polar surface area (TPSA) is 117 Å². The Morgan fingerprint density at radius 3 is 1.25 bits per heavy atom. The van der Waals surface area contributed by atoms with Crippen LogP contribution in [-0.4, -0.2) is 35.3 Å². The summed E-state index contributed by atoms with van der Waals surface area (Å²) in [5, 5.41) is 22.8. The molecule has 140 valence electrons. The maximum Gasteiger partial charge on any atom is 0.131 e. The smallest absolute Gasteiger partial charge is 0.131 e. The van der Waals surface area contributed by atoms with Gasteiger partial charge in [-0.25, -0.2) is 19.6 Å². The minimum Gasteiger partial charge on any atom is -0.550 e. The van der Waals surface area contributed by atoms with Crippen molar-refractivity contribution in [2.75, 3.05) is 0 Å². The first-order chi connectivity index (χ1) is 10.8. The van der Waals surface area contributed by atoms with Gasteiger partial charge in [0, 0.05) is 23.8 Å². The first-order valence-corrected chi connectivity index (χ1v) is 7.92. The van der Waals surface area contributed by atoms with Crippen LogP contribution < -0.4 is 10.2 Å². The van der Waals surface area contributed by atoms with Crippen molar-refractivity contribution < 1.29 is 39.4 Å². The van der Waals surface area contributed by atoms with Crippen LogP contribution in [0.15, 0.2) is 0 Å². The van der Waals surface area contributed by atoms with Gasteiger partial charge < -0.3 is 19.8 Å². The van der Waals surface area contributed by atoms with E-state index in [-0.39, 0.29) is 12.8 Å². The van der Waals surface area contributed by atoms with Gasteiger partial charge in [-0.15, -0.1) is 0 Å². The third-order valence-electron chi connectivity index (χ3n) is 3.33. The number of carboxylic acids is 2. The molecule has 1 aliphatic carbocycles. The second kappa shape index (κ2) is 7.77. The average molecular weight is 346 g/mol. The van der Waals surface area contributed by atoms with Gasteiger partial charge in [-0.2, -0.15) is 0 Å². The van der Waals surface area contributed by atoms with E-state index in [2.05, 4.69) is 0 Å². The van der Waals surface area contributed by atoms with E-state index in [4.69, 9.17) is 19.6 Å². The summed E-state index contributed by atoms with van der Waals surface area (Å²) >= 11 is 0. The summed E-state index contributed by atoms with van der Waals surface area (Å²) in [5.74, 6) is -4.90. The third-order valence-corrected chi connectivity index (χ3v) is 3.33. The first-order valence-electron chi connectivity index (χ1n) is 7.92. The fourth-order valence-corrected chi connectivity index (χ4v) is 2.29. The summed E-state index contributed by atoms with van der Waals surface area (Å²) in [4.78, 5) is 43.7. The first kappa shape index (κ1) is 20.8. The SMILES string of the molecule is CC(C)(C)OOC1C(C(=O)[O-])CCC(C(=O)[O-])C1OOC(C)(C)C. The van der Waals surface area contributed by atoms with Crippen molar-refractivity contribution in [3.8, 4) is 0 Å². The predicted octanol–water partition coefficient (Wildman–Crippen LogP) is -0.257. The van der Waals surface area contributed by atoms with Crippen molar-refractivity contribution in [1.82, 2.24) is 0 Å². The average Bonchev–Trinajstić information content (AvgIpc) is 2.40. The lowest BCUT2D eigenvalue weighted by molar-refractivity contribution is -0.449. The molecule has 0 saturated heterocycles. The molecule has 8 nitrogen and oxygen atoms in total. The number of carbonyl (C=O) groups excluding carboxylic acids is 2. The molecule has 0 bridgehead atoms. The Hall–Kier alpha value is -1.22. The van der Waals surface area contributed by atoms with Crippen LogP contribution in [0.4, 0.5) is 0 Å². The molecule has 1 aliphatic rings. The number of hydrogen-bond acceptors (Lipinski definition) is 8. The van der Waals surface area contributed by atoms with Crippen molar-refractivity contribution in [2.24, 2.45) is 11.8 Å². The second-order valence-electron chi connectivity index (χ2n) is 7.94. The molecule has 1 rings (SSSR count). The fourth-order valence-electron chi connectivity index (χ4n) is 2.29. The van der Waals surface area contributed by atoms with Crippen LogP contribution in [0.25, 0.3) is 0 Å². The number of carbonyl (C=O) groups is 2. The zero-order valence-corrected chi connectivity index (χ0v) is 15.0. The fraction of sp³-hybridized carbons (Fsp3) is 0.875. The minimum atomic E-state index is -1.36. The molecule has 4 atom stereocenters.